The molecule has 0 amide bonds. The van der Waals surface area contributed by atoms with Crippen LogP contribution < -0.4 is 5.32 Å². The number of quaternary nitrogens is 1. The second-order valence-corrected chi connectivity index (χ2v) is 3.10. The van der Waals surface area contributed by atoms with Crippen LogP contribution in [0.2, 0.25) is 0 Å². The minimum Gasteiger partial charge on any atom is -0.463 e. The lowest BCUT2D eigenvalue weighted by atomic mass is 10.3. The normalized spacial score (nSPS) is 10.3. The summed E-state index contributed by atoms with van der Waals surface area (Å²) in [4.78, 5) is 4.24. The van der Waals surface area contributed by atoms with E-state index in [4.69, 9.17) is 4.42 Å². The molecule has 0 fully saturated rings. The average Bonchev–Trinajstić information content (AvgIpc) is 2.72. The molecule has 0 aliphatic rings. The van der Waals surface area contributed by atoms with Crippen LogP contribution in [-0.4, -0.2) is 4.98 Å². The van der Waals surface area contributed by atoms with E-state index >= 15 is 0 Å². The molecule has 3 heteroatoms. The second-order valence-electron chi connectivity index (χ2n) is 3.10. The van der Waals surface area contributed by atoms with E-state index < -0.39 is 0 Å². The zero-order valence-electron chi connectivity index (χ0n) is 7.89. The Kier molecular flexibility index (Phi) is 2.93. The van der Waals surface area contributed by atoms with Crippen molar-refractivity contribution in [3.05, 3.63) is 54.2 Å². The zero-order valence-corrected chi connectivity index (χ0v) is 7.89. The predicted octanol–water partition coefficient (Wildman–Crippen LogP) is 0.938. The summed E-state index contributed by atoms with van der Waals surface area (Å²) in [7, 11) is 0. The molecule has 0 unspecified atom stereocenters. The van der Waals surface area contributed by atoms with Crippen LogP contribution in [0, 0.1) is 0 Å². The molecule has 0 spiro atoms. The molecule has 2 aromatic rings. The van der Waals surface area contributed by atoms with Crippen LogP contribution in [0.3, 0.4) is 0 Å². The van der Waals surface area contributed by atoms with Crippen molar-refractivity contribution in [2.75, 3.05) is 0 Å². The summed E-state index contributed by atoms with van der Waals surface area (Å²) < 4.78 is 5.22. The predicted molar refractivity (Wildman–Crippen MR) is 52.3 cm³/mol. The Bertz CT molecular complexity index is 356. The molecule has 2 N–H and O–H groups in total. The van der Waals surface area contributed by atoms with Gasteiger partial charge in [-0.15, -0.1) is 0 Å². The van der Waals surface area contributed by atoms with Crippen LogP contribution in [0.1, 0.15) is 11.5 Å². The van der Waals surface area contributed by atoms with Crippen molar-refractivity contribution in [2.24, 2.45) is 0 Å². The number of nitrogens with zero attached hydrogens (tertiary/aromatic N) is 1. The number of pyridine rings is 1. The fourth-order valence-corrected chi connectivity index (χ4v) is 1.31. The molecular weight excluding hydrogens is 176 g/mol. The first-order valence-electron chi connectivity index (χ1n) is 4.69. The molecule has 0 aliphatic carbocycles. The van der Waals surface area contributed by atoms with Crippen LogP contribution in [0.5, 0.6) is 0 Å². The quantitative estimate of drug-likeness (QED) is 0.777. The first-order chi connectivity index (χ1) is 6.95. The van der Waals surface area contributed by atoms with Gasteiger partial charge in [0.15, 0.2) is 5.76 Å². The Balaban J connectivity index is 1.79. The first-order valence-corrected chi connectivity index (χ1v) is 4.69. The van der Waals surface area contributed by atoms with Crippen molar-refractivity contribution < 1.29 is 9.73 Å². The van der Waals surface area contributed by atoms with E-state index in [1.165, 1.54) is 0 Å². The fourth-order valence-electron chi connectivity index (χ4n) is 1.31. The summed E-state index contributed by atoms with van der Waals surface area (Å²) in [6.45, 7) is 1.76. The Morgan fingerprint density at radius 3 is 2.86 bits per heavy atom. The van der Waals surface area contributed by atoms with E-state index in [0.29, 0.717) is 0 Å². The van der Waals surface area contributed by atoms with E-state index in [9.17, 15) is 0 Å². The van der Waals surface area contributed by atoms with E-state index in [2.05, 4.69) is 10.3 Å². The number of nitrogens with two attached hydrogens (primary N) is 1. The highest BCUT2D eigenvalue weighted by Gasteiger charge is 1.98. The third-order valence-corrected chi connectivity index (χ3v) is 2.01. The fraction of sp³-hybridized carbons (Fsp3) is 0.182. The number of rotatable bonds is 4. The first kappa shape index (κ1) is 8.97. The third kappa shape index (κ3) is 2.44. The van der Waals surface area contributed by atoms with Crippen LogP contribution in [0.15, 0.2) is 47.2 Å². The summed E-state index contributed by atoms with van der Waals surface area (Å²) in [5.41, 5.74) is 1.10. The molecule has 72 valence electrons. The van der Waals surface area contributed by atoms with Gasteiger partial charge in [-0.2, -0.15) is 0 Å². The van der Waals surface area contributed by atoms with Gasteiger partial charge in [0.05, 0.1) is 12.0 Å². The Morgan fingerprint density at radius 2 is 2.14 bits per heavy atom. The SMILES string of the molecule is c1ccc(C[NH2+]Cc2ccco2)nc1. The van der Waals surface area contributed by atoms with Gasteiger partial charge >= 0.3 is 0 Å². The van der Waals surface area contributed by atoms with Gasteiger partial charge in [-0.1, -0.05) is 6.07 Å². The van der Waals surface area contributed by atoms with Crippen molar-refractivity contribution in [1.82, 2.24) is 4.98 Å². The standard InChI is InChI=1S/C11H12N2O/c1-2-6-13-10(4-1)8-12-9-11-5-3-7-14-11/h1-7,12H,8-9H2/p+1. The summed E-state index contributed by atoms with van der Waals surface area (Å²) in [6.07, 6.45) is 3.51. The van der Waals surface area contributed by atoms with Gasteiger partial charge in [-0.3, -0.25) is 4.98 Å². The largest absolute Gasteiger partial charge is 0.463 e. The second kappa shape index (κ2) is 4.58. The van der Waals surface area contributed by atoms with Gasteiger partial charge in [0.1, 0.15) is 13.1 Å². The summed E-state index contributed by atoms with van der Waals surface area (Å²) in [5, 5.41) is 2.17. The summed E-state index contributed by atoms with van der Waals surface area (Å²) in [6, 6.07) is 9.84. The van der Waals surface area contributed by atoms with Crippen LogP contribution in [0.25, 0.3) is 0 Å². The smallest absolute Gasteiger partial charge is 0.157 e. The molecule has 0 aliphatic heterocycles. The molecule has 3 nitrogen and oxygen atoms in total. The van der Waals surface area contributed by atoms with Crippen molar-refractivity contribution >= 4 is 0 Å². The van der Waals surface area contributed by atoms with Gasteiger partial charge in [-0.05, 0) is 24.3 Å². The molecule has 14 heavy (non-hydrogen) atoms. The van der Waals surface area contributed by atoms with Crippen molar-refractivity contribution in [2.45, 2.75) is 13.1 Å². The third-order valence-electron chi connectivity index (χ3n) is 2.01. The lowest BCUT2D eigenvalue weighted by Crippen LogP contribution is -2.80. The van der Waals surface area contributed by atoms with Crippen molar-refractivity contribution in [1.29, 1.82) is 0 Å². The van der Waals surface area contributed by atoms with Gasteiger partial charge in [0, 0.05) is 6.20 Å². The van der Waals surface area contributed by atoms with E-state index in [0.717, 1.165) is 24.5 Å². The Morgan fingerprint density at radius 1 is 1.14 bits per heavy atom. The highest BCUT2D eigenvalue weighted by atomic mass is 16.3. The van der Waals surface area contributed by atoms with Crippen LogP contribution >= 0.6 is 0 Å². The van der Waals surface area contributed by atoms with E-state index in [1.807, 2.05) is 36.5 Å². The van der Waals surface area contributed by atoms with Gasteiger partial charge in [-0.25, -0.2) is 0 Å². The lowest BCUT2D eigenvalue weighted by Gasteiger charge is -1.98. The van der Waals surface area contributed by atoms with Crippen LogP contribution in [-0.2, 0) is 13.1 Å². The van der Waals surface area contributed by atoms with Crippen LogP contribution in [0.4, 0.5) is 0 Å². The topological polar surface area (TPSA) is 42.6 Å². The lowest BCUT2D eigenvalue weighted by molar-refractivity contribution is -0.688. The van der Waals surface area contributed by atoms with Crippen molar-refractivity contribution in [3.63, 3.8) is 0 Å². The number of aromatic nitrogens is 1. The molecule has 0 atom stereocenters. The maximum Gasteiger partial charge on any atom is 0.157 e. The minimum atomic E-state index is 0.865. The summed E-state index contributed by atoms with van der Waals surface area (Å²) in [5.74, 6) is 1.00. The molecule has 2 heterocycles. The maximum absolute atomic E-state index is 5.22. The number of hydrogen-bond acceptors (Lipinski definition) is 2. The van der Waals surface area contributed by atoms with Gasteiger partial charge in [0.25, 0.3) is 0 Å². The highest BCUT2D eigenvalue weighted by Crippen LogP contribution is 1.96. The van der Waals surface area contributed by atoms with E-state index in [-0.39, 0.29) is 0 Å². The van der Waals surface area contributed by atoms with Gasteiger partial charge < -0.3 is 9.73 Å². The monoisotopic (exact) mass is 189 g/mol. The zero-order chi connectivity index (χ0) is 9.64. The Labute approximate surface area is 82.8 Å². The molecule has 0 saturated heterocycles. The molecule has 2 rings (SSSR count). The Hall–Kier alpha value is -1.61. The highest BCUT2D eigenvalue weighted by molar-refractivity contribution is 5.01. The van der Waals surface area contributed by atoms with Crippen molar-refractivity contribution in [3.8, 4) is 0 Å². The van der Waals surface area contributed by atoms with E-state index in [1.54, 1.807) is 6.26 Å². The molecule has 2 aromatic heterocycles. The number of hydrogen-bond donors (Lipinski definition) is 1. The molecule has 0 radical (unpaired) electrons. The molecule has 0 bridgehead atoms. The molecule has 0 saturated carbocycles. The minimum absolute atomic E-state index is 0.865. The average molecular weight is 189 g/mol. The van der Waals surface area contributed by atoms with Gasteiger partial charge in [0.2, 0.25) is 0 Å². The maximum atomic E-state index is 5.22. The summed E-state index contributed by atoms with van der Waals surface area (Å²) >= 11 is 0. The number of furan rings is 1. The molecular formula is C11H13N2O+. The molecule has 0 aromatic carbocycles.